The number of esters is 4. The molecule has 0 radical (unpaired) electrons. The number of hydrogen-bond donors (Lipinski definition) is 0. The Morgan fingerprint density at radius 1 is 0.469 bits per heavy atom. The molecule has 2 spiro atoms. The highest BCUT2D eigenvalue weighted by atomic mass is 16.6. The number of imide groups is 4. The molecule has 0 aliphatic carbocycles. The van der Waals surface area contributed by atoms with Gasteiger partial charge in [-0.25, -0.2) is 19.4 Å². The SMILES string of the molecule is CC(=O)OC(COc1ccc(C(C)(C)c2ccc(OCC(CN3C(=O)N(C(C)=O)C4(CC(C)(C)N(C(C)OC(C)=O)C(C)(C)C4)C3=O)OC(C)=O)cc2)cc1)CN1C(=O)N(C(C)=O)C2(CC(C)(C)N(C(C)OC(C)=O)C(C)(C)C2)C1=O. The van der Waals surface area contributed by atoms with Gasteiger partial charge in [0.05, 0.1) is 13.1 Å². The van der Waals surface area contributed by atoms with E-state index in [-0.39, 0.29) is 52.0 Å². The fraction of sp³-hybridized carbons (Fsp3) is 0.627. The van der Waals surface area contributed by atoms with Crippen molar-refractivity contribution in [1.29, 1.82) is 0 Å². The lowest BCUT2D eigenvalue weighted by Gasteiger charge is -2.60. The number of ether oxygens (including phenoxy) is 6. The molecule has 0 aromatic heterocycles. The van der Waals surface area contributed by atoms with E-state index in [1.165, 1.54) is 41.5 Å². The van der Waals surface area contributed by atoms with Crippen LogP contribution in [0.2, 0.25) is 0 Å². The Bertz CT molecular complexity index is 2600. The third kappa shape index (κ3) is 12.6. The lowest BCUT2D eigenvalue weighted by Crippen LogP contribution is -2.72. The van der Waals surface area contributed by atoms with E-state index in [4.69, 9.17) is 28.4 Å². The Morgan fingerprint density at radius 3 is 0.988 bits per heavy atom. The van der Waals surface area contributed by atoms with E-state index in [9.17, 15) is 47.9 Å². The number of carbonyl (C=O) groups excluding carboxylic acids is 10. The van der Waals surface area contributed by atoms with E-state index in [2.05, 4.69) is 0 Å². The molecule has 0 bridgehead atoms. The van der Waals surface area contributed by atoms with Gasteiger partial charge in [-0.2, -0.15) is 0 Å². The van der Waals surface area contributed by atoms with Gasteiger partial charge in [0.1, 0.15) is 35.8 Å². The molecule has 2 aromatic rings. The van der Waals surface area contributed by atoms with Crippen molar-refractivity contribution in [1.82, 2.24) is 29.4 Å². The fourth-order valence-electron chi connectivity index (χ4n) is 14.4. The molecule has 22 heteroatoms. The third-order valence-corrected chi connectivity index (χ3v) is 16.0. The molecule has 4 saturated heterocycles. The number of nitrogens with zero attached hydrogens (tertiary/aromatic N) is 6. The summed E-state index contributed by atoms with van der Waals surface area (Å²) in [5.74, 6) is -3.95. The summed E-state index contributed by atoms with van der Waals surface area (Å²) >= 11 is 0. The molecule has 81 heavy (non-hydrogen) atoms. The normalized spacial score (nSPS) is 21.6. The summed E-state index contributed by atoms with van der Waals surface area (Å²) in [5, 5.41) is 0. The lowest BCUT2D eigenvalue weighted by atomic mass is 9.68. The van der Waals surface area contributed by atoms with Gasteiger partial charge in [0.25, 0.3) is 11.8 Å². The molecule has 8 amide bonds. The monoisotopic (exact) mass is 1130 g/mol. The van der Waals surface area contributed by atoms with Gasteiger partial charge in [0, 0.05) is 69.1 Å². The summed E-state index contributed by atoms with van der Waals surface area (Å²) in [6, 6.07) is 12.8. The maximum absolute atomic E-state index is 14.7. The van der Waals surface area contributed by atoms with Crippen LogP contribution in [0, 0.1) is 0 Å². The Balaban J connectivity index is 1.12. The smallest absolute Gasteiger partial charge is 0.334 e. The average Bonchev–Trinajstić information content (AvgIpc) is 2.73. The van der Waals surface area contributed by atoms with Crippen molar-refractivity contribution in [2.24, 2.45) is 0 Å². The van der Waals surface area contributed by atoms with Gasteiger partial charge >= 0.3 is 35.9 Å². The van der Waals surface area contributed by atoms with E-state index in [1.54, 1.807) is 38.1 Å². The Kier molecular flexibility index (Phi) is 17.8. The molecule has 0 saturated carbocycles. The van der Waals surface area contributed by atoms with Gasteiger partial charge in [-0.15, -0.1) is 0 Å². The number of urea groups is 2. The summed E-state index contributed by atoms with van der Waals surface area (Å²) in [6.07, 6.45) is -3.40. The highest BCUT2D eigenvalue weighted by Crippen LogP contribution is 2.52. The minimum Gasteiger partial charge on any atom is -0.490 e. The number of amides is 8. The van der Waals surface area contributed by atoms with Crippen LogP contribution in [0.3, 0.4) is 0 Å². The summed E-state index contributed by atoms with van der Waals surface area (Å²) in [6.45, 7) is 28.7. The predicted molar refractivity (Wildman–Crippen MR) is 293 cm³/mol. The maximum Gasteiger partial charge on any atom is 0.334 e. The largest absolute Gasteiger partial charge is 0.490 e. The number of carbonyl (C=O) groups is 10. The average molecular weight is 1130 g/mol. The van der Waals surface area contributed by atoms with Crippen molar-refractivity contribution < 1.29 is 76.4 Å². The molecule has 4 fully saturated rings. The van der Waals surface area contributed by atoms with E-state index >= 15 is 0 Å². The summed E-state index contributed by atoms with van der Waals surface area (Å²) in [7, 11) is 0. The number of benzene rings is 2. The van der Waals surface area contributed by atoms with Crippen LogP contribution in [0.4, 0.5) is 9.59 Å². The van der Waals surface area contributed by atoms with Crippen molar-refractivity contribution >= 4 is 59.6 Å². The molecule has 4 unspecified atom stereocenters. The number of hydrogen-bond acceptors (Lipinski definition) is 18. The van der Waals surface area contributed by atoms with Crippen molar-refractivity contribution in [3.8, 4) is 11.5 Å². The van der Waals surface area contributed by atoms with Gasteiger partial charge in [-0.3, -0.25) is 58.0 Å². The van der Waals surface area contributed by atoms with Crippen LogP contribution in [0.5, 0.6) is 11.5 Å². The van der Waals surface area contributed by atoms with Crippen molar-refractivity contribution in [2.75, 3.05) is 26.3 Å². The van der Waals surface area contributed by atoms with Crippen LogP contribution in [0.15, 0.2) is 48.5 Å². The Labute approximate surface area is 474 Å². The molecule has 4 aliphatic rings. The minimum absolute atomic E-state index is 0.0442. The van der Waals surface area contributed by atoms with Gasteiger partial charge < -0.3 is 28.4 Å². The van der Waals surface area contributed by atoms with Gasteiger partial charge in [0.2, 0.25) is 11.8 Å². The molecular formula is C59H82N6O16. The Hall–Kier alpha value is -6.94. The zero-order valence-electron chi connectivity index (χ0n) is 50.3. The molecular weight excluding hydrogens is 1050 g/mol. The van der Waals surface area contributed by atoms with Crippen LogP contribution < -0.4 is 9.47 Å². The first-order valence-corrected chi connectivity index (χ1v) is 27.3. The third-order valence-electron chi connectivity index (χ3n) is 16.0. The first-order valence-electron chi connectivity index (χ1n) is 27.3. The van der Waals surface area contributed by atoms with E-state index in [1.807, 2.05) is 103 Å². The first kappa shape index (κ1) is 63.2. The Morgan fingerprint density at radius 2 is 0.741 bits per heavy atom. The quantitative estimate of drug-likeness (QED) is 0.0840. The van der Waals surface area contributed by atoms with Gasteiger partial charge in [-0.05, 0) is 130 Å². The molecule has 4 heterocycles. The molecule has 4 atom stereocenters. The first-order chi connectivity index (χ1) is 37.2. The van der Waals surface area contributed by atoms with Crippen LogP contribution >= 0.6 is 0 Å². The zero-order valence-corrected chi connectivity index (χ0v) is 50.3. The van der Waals surface area contributed by atoms with E-state index < -0.39 is 123 Å². The number of piperidine rings is 2. The number of likely N-dealkylation sites (tertiary alicyclic amines) is 2. The van der Waals surface area contributed by atoms with Gasteiger partial charge in [-0.1, -0.05) is 38.1 Å². The second-order valence-corrected chi connectivity index (χ2v) is 25.0. The van der Waals surface area contributed by atoms with Crippen molar-refractivity contribution in [3.05, 3.63) is 59.7 Å². The highest BCUT2D eigenvalue weighted by Gasteiger charge is 2.69. The topological polar surface area (TPSA) is 246 Å². The summed E-state index contributed by atoms with van der Waals surface area (Å²) < 4.78 is 34.6. The standard InChI is InChI=1S/C59H82N6O16/c1-35(66)62-51(74)60(49(72)58(62)31-53(9,10)64(54(11,12)32-58)37(3)78-39(5)68)27-47(80-41(7)70)29-76-45-23-19-43(20-24-45)57(17,18)44-21-25-46(26-22-44)77-30-48(81-42(8)71)28-61-50(73)59(63(36(2)67)52(61)75)33-55(13,14)65(56(15,16)34-59)38(4)79-40(6)69/h19-26,37-38,47-48H,27-34H2,1-18H3. The lowest BCUT2D eigenvalue weighted by molar-refractivity contribution is -0.193. The zero-order chi connectivity index (χ0) is 60.9. The molecule has 22 nitrogen and oxygen atoms in total. The van der Waals surface area contributed by atoms with Crippen LogP contribution in [-0.2, 0) is 62.7 Å². The van der Waals surface area contributed by atoms with Crippen molar-refractivity contribution in [2.45, 2.75) is 214 Å². The molecule has 2 aromatic carbocycles. The summed E-state index contributed by atoms with van der Waals surface area (Å²) in [4.78, 5) is 141. The second kappa shape index (κ2) is 22.8. The summed E-state index contributed by atoms with van der Waals surface area (Å²) in [5.41, 5.74) is -5.35. The van der Waals surface area contributed by atoms with Crippen LogP contribution in [0.1, 0.15) is 161 Å². The maximum atomic E-state index is 14.7. The van der Waals surface area contributed by atoms with E-state index in [0.717, 1.165) is 30.7 Å². The van der Waals surface area contributed by atoms with Crippen molar-refractivity contribution in [3.63, 3.8) is 0 Å². The molecule has 4 aliphatic heterocycles. The molecule has 444 valence electrons. The minimum atomic E-state index is -1.58. The van der Waals surface area contributed by atoms with Gasteiger partial charge in [0.15, 0.2) is 24.7 Å². The number of rotatable bonds is 18. The predicted octanol–water partition coefficient (Wildman–Crippen LogP) is 6.86. The second-order valence-electron chi connectivity index (χ2n) is 25.0. The van der Waals surface area contributed by atoms with E-state index in [0.29, 0.717) is 11.5 Å². The fourth-order valence-corrected chi connectivity index (χ4v) is 14.4. The van der Waals surface area contributed by atoms with Crippen LogP contribution in [-0.4, -0.2) is 173 Å². The molecule has 6 rings (SSSR count). The van der Waals surface area contributed by atoms with Crippen LogP contribution in [0.25, 0.3) is 0 Å². The highest BCUT2D eigenvalue weighted by molar-refractivity contribution is 6.15. The molecule has 0 N–H and O–H groups in total.